The number of nitrogens with zero attached hydrogens (tertiary/aromatic N) is 6. The molecule has 244 valence electrons. The summed E-state index contributed by atoms with van der Waals surface area (Å²) in [6.07, 6.45) is -4.60. The number of nitrogens with one attached hydrogen (secondary N) is 1. The molecule has 0 radical (unpaired) electrons. The lowest BCUT2D eigenvalue weighted by molar-refractivity contribution is -0.124. The molecule has 11 atom stereocenters. The molecule has 0 saturated carbocycles. The predicted molar refractivity (Wildman–Crippen MR) is 164 cm³/mol. The number of methoxy groups -OCH3 is 1. The molecule has 5 aliphatic rings. The molecule has 24 heteroatoms. The Bertz CT molecular complexity index is 1670. The van der Waals surface area contributed by atoms with Crippen LogP contribution in [-0.2, 0) is 46.2 Å². The van der Waals surface area contributed by atoms with E-state index in [-0.39, 0.29) is 31.4 Å². The van der Waals surface area contributed by atoms with Gasteiger partial charge in [0.1, 0.15) is 41.8 Å². The van der Waals surface area contributed by atoms with Crippen molar-refractivity contribution in [1.82, 2.24) is 24.6 Å². The van der Waals surface area contributed by atoms with Gasteiger partial charge in [0.2, 0.25) is 0 Å². The van der Waals surface area contributed by atoms with Crippen LogP contribution in [0.4, 0.5) is 5.82 Å². The minimum atomic E-state index is -4.18. The van der Waals surface area contributed by atoms with E-state index in [1.54, 1.807) is 0 Å². The van der Waals surface area contributed by atoms with Crippen molar-refractivity contribution in [2.75, 3.05) is 26.1 Å². The number of ether oxygens (including phenoxy) is 3. The van der Waals surface area contributed by atoms with Crippen LogP contribution in [0.25, 0.3) is 11.0 Å². The van der Waals surface area contributed by atoms with Gasteiger partial charge in [-0.15, -0.1) is 0 Å². The number of guanidine groups is 1. The van der Waals surface area contributed by atoms with Crippen LogP contribution in [0, 0.1) is 0 Å². The van der Waals surface area contributed by atoms with Crippen LogP contribution >= 0.6 is 49.6 Å². The van der Waals surface area contributed by atoms with E-state index in [4.69, 9.17) is 43.8 Å². The zero-order valence-corrected chi connectivity index (χ0v) is 27.5. The van der Waals surface area contributed by atoms with Crippen LogP contribution in [-0.4, -0.2) is 107 Å². The van der Waals surface area contributed by atoms with Crippen LogP contribution < -0.4 is 16.8 Å². The third-order valence-electron chi connectivity index (χ3n) is 7.73. The molecule has 2 aromatic heterocycles. The van der Waals surface area contributed by atoms with Crippen molar-refractivity contribution in [3.05, 3.63) is 11.2 Å². The molecule has 5 N–H and O–H groups in total. The first kappa shape index (κ1) is 31.6. The first-order valence-electron chi connectivity index (χ1n) is 13.4. The van der Waals surface area contributed by atoms with Gasteiger partial charge in [-0.2, -0.15) is 4.37 Å². The van der Waals surface area contributed by atoms with Gasteiger partial charge in [0.25, 0.3) is 5.91 Å². The van der Waals surface area contributed by atoms with Crippen LogP contribution in [0.1, 0.15) is 17.4 Å². The summed E-state index contributed by atoms with van der Waals surface area (Å²) < 4.78 is 72.8. The molecule has 0 spiro atoms. The number of rotatable bonds is 3. The quantitative estimate of drug-likeness (QED) is 0.215. The van der Waals surface area contributed by atoms with Gasteiger partial charge in [-0.1, -0.05) is 24.5 Å². The molecule has 2 aromatic rings. The van der Waals surface area contributed by atoms with Gasteiger partial charge in [-0.3, -0.25) is 33.2 Å². The summed E-state index contributed by atoms with van der Waals surface area (Å²) in [5.74, 6) is -0.359. The number of aromatic nitrogens is 3. The molecular formula is C21H27N9O10P2S3. The number of hydrogen-bond acceptors (Lipinski definition) is 19. The van der Waals surface area contributed by atoms with E-state index in [1.165, 1.54) is 24.7 Å². The Kier molecular flexibility index (Phi) is 8.40. The fourth-order valence-corrected chi connectivity index (χ4v) is 9.60. The number of thiol groups is 2. The second kappa shape index (κ2) is 11.9. The van der Waals surface area contributed by atoms with E-state index in [0.717, 1.165) is 11.5 Å². The van der Waals surface area contributed by atoms with Crippen molar-refractivity contribution >= 4 is 84.7 Å². The number of amides is 1. The summed E-state index contributed by atoms with van der Waals surface area (Å²) in [6, 6.07) is -0.920. The maximum Gasteiger partial charge on any atom is 0.386 e. The number of fused-ring (bicyclic) bond motifs is 5. The lowest BCUT2D eigenvalue weighted by Crippen LogP contribution is -2.57. The summed E-state index contributed by atoms with van der Waals surface area (Å²) in [5.41, 5.74) is 12.7. The number of hydrogen-bond donors (Lipinski definition) is 5. The number of carbonyl (C=O) groups excluding carboxylic acids is 1. The summed E-state index contributed by atoms with van der Waals surface area (Å²) in [4.78, 5) is 31.3. The Morgan fingerprint density at radius 1 is 1.07 bits per heavy atom. The van der Waals surface area contributed by atoms with Crippen LogP contribution in [0.2, 0.25) is 0 Å². The highest BCUT2D eigenvalue weighted by Crippen LogP contribution is 2.60. The minimum Gasteiger partial charge on any atom is -0.382 e. The van der Waals surface area contributed by atoms with Gasteiger partial charge in [0.05, 0.1) is 36.6 Å². The second-order valence-corrected chi connectivity index (χ2v) is 17.0. The number of nitrogen functional groups attached to an aromatic ring is 1. The summed E-state index contributed by atoms with van der Waals surface area (Å²) in [5, 5.41) is 2.42. The van der Waals surface area contributed by atoms with E-state index in [1.807, 2.05) is 0 Å². The first-order chi connectivity index (χ1) is 21.4. The normalized spacial score (nSPS) is 41.9. The molecule has 3 fully saturated rings. The van der Waals surface area contributed by atoms with Crippen molar-refractivity contribution in [1.29, 1.82) is 0 Å². The van der Waals surface area contributed by atoms with Gasteiger partial charge in [0.15, 0.2) is 30.2 Å². The summed E-state index contributed by atoms with van der Waals surface area (Å²) in [6.45, 7) is -8.93. The van der Waals surface area contributed by atoms with Crippen LogP contribution in [0.15, 0.2) is 16.3 Å². The third-order valence-corrected chi connectivity index (χ3v) is 11.9. The highest BCUT2D eigenvalue weighted by atomic mass is 32.7. The van der Waals surface area contributed by atoms with Crippen molar-refractivity contribution in [2.45, 2.75) is 61.5 Å². The summed E-state index contributed by atoms with van der Waals surface area (Å²) >= 11 is 9.56. The smallest absolute Gasteiger partial charge is 0.382 e. The topological polar surface area (TPSA) is 247 Å². The molecular weight excluding hydrogens is 696 g/mol. The van der Waals surface area contributed by atoms with E-state index < -0.39 is 74.6 Å². The zero-order chi connectivity index (χ0) is 31.7. The Morgan fingerprint density at radius 3 is 2.60 bits per heavy atom. The van der Waals surface area contributed by atoms with Crippen LogP contribution in [0.5, 0.6) is 0 Å². The molecule has 1 amide bonds. The number of carbonyl (C=O) groups is 1. The highest BCUT2D eigenvalue weighted by Gasteiger charge is 2.55. The Labute approximate surface area is 269 Å². The van der Waals surface area contributed by atoms with Crippen molar-refractivity contribution in [3.63, 3.8) is 0 Å². The minimum absolute atomic E-state index is 0.111. The molecule has 7 rings (SSSR count). The fraction of sp³-hybridized carbons (Fsp3) is 0.619. The van der Waals surface area contributed by atoms with Gasteiger partial charge in [-0.05, 0) is 11.5 Å². The average Bonchev–Trinajstić information content (AvgIpc) is 3.74. The van der Waals surface area contributed by atoms with Crippen molar-refractivity contribution in [3.8, 4) is 0 Å². The molecule has 3 saturated heterocycles. The maximum absolute atomic E-state index is 13.7. The zero-order valence-electron chi connectivity index (χ0n) is 23.1. The first-order valence-corrected chi connectivity index (χ1v) is 19.6. The van der Waals surface area contributed by atoms with Gasteiger partial charge in [-0.25, -0.2) is 24.1 Å². The molecule has 2 bridgehead atoms. The van der Waals surface area contributed by atoms with E-state index in [0.29, 0.717) is 15.9 Å². The third kappa shape index (κ3) is 6.00. The predicted octanol–water partition coefficient (Wildman–Crippen LogP) is 0.615. The van der Waals surface area contributed by atoms with E-state index in [9.17, 15) is 13.9 Å². The molecule has 7 heterocycles. The largest absolute Gasteiger partial charge is 0.386 e. The molecule has 5 aliphatic heterocycles. The standard InChI is InChI=1S/C21H27N9O10P2S3/c1-34-14-10-4-36-41(32,43)39-7-2-8(16-11-12(29-45-16)17(22)25-5-24-11)37-9(7)3-35-42(33,44)40-15(14)20(38-10)30-6-26-13-18(30)27-21(23)28-19(13)31/h5-10,13-15,18,20H,2-4H2,1H3,(H,32,43)(H,33,44)(H2,22,24,25)(H3,23,27,28,31)/t7-,8+,9+,10+,13?,14+,15+,18?,20+,41-,42+/m0/s1. The number of aliphatic imine (C=N–C) groups is 2. The van der Waals surface area contributed by atoms with Gasteiger partial charge >= 0.3 is 13.6 Å². The maximum atomic E-state index is 13.7. The Hall–Kier alpha value is -1.94. The molecule has 19 nitrogen and oxygen atoms in total. The Morgan fingerprint density at radius 2 is 1.82 bits per heavy atom. The van der Waals surface area contributed by atoms with Crippen molar-refractivity contribution < 1.29 is 46.2 Å². The van der Waals surface area contributed by atoms with Gasteiger partial charge in [0, 0.05) is 13.5 Å². The summed E-state index contributed by atoms with van der Waals surface area (Å²) in [7, 11) is 1.38. The Balaban J connectivity index is 1.16. The van der Waals surface area contributed by atoms with Crippen molar-refractivity contribution in [2.24, 2.45) is 15.7 Å². The average molecular weight is 724 g/mol. The number of nitrogens with two attached hydrogens (primary N) is 2. The molecule has 2 unspecified atom stereocenters. The second-order valence-electron chi connectivity index (χ2n) is 10.5. The SMILES string of the molecule is CO[C@H]1[C@H]2O[P@](=O)(S)OC[C@H]3O[C@@H](c4snc5c(N)ncnc45)C[C@@H]3O[P@@](=O)(S)OC[C@H]1O[C@H]2N1C=NC2C(=O)NC(N)=NC21. The monoisotopic (exact) mass is 723 g/mol. The highest BCUT2D eigenvalue weighted by molar-refractivity contribution is 8.44. The fourth-order valence-electron chi connectivity index (χ4n) is 5.74. The van der Waals surface area contributed by atoms with Crippen LogP contribution in [0.3, 0.4) is 0 Å². The molecule has 0 aromatic carbocycles. The lowest BCUT2D eigenvalue weighted by Gasteiger charge is -2.34. The van der Waals surface area contributed by atoms with Gasteiger partial charge < -0.3 is 30.6 Å². The van der Waals surface area contributed by atoms with E-state index in [2.05, 4.69) is 54.1 Å². The lowest BCUT2D eigenvalue weighted by atomic mass is 10.1. The molecule has 0 aliphatic carbocycles. The molecule has 45 heavy (non-hydrogen) atoms. The van der Waals surface area contributed by atoms with E-state index >= 15 is 0 Å². The number of anilines is 1.